The molecule has 0 N–H and O–H groups in total. The largest absolute Gasteiger partial charge is 0.334 e. The molecule has 144 valence electrons. The van der Waals surface area contributed by atoms with Crippen molar-refractivity contribution in [3.8, 4) is 5.69 Å². The Morgan fingerprint density at radius 1 is 1.07 bits per heavy atom. The highest BCUT2D eigenvalue weighted by Gasteiger charge is 2.27. The standard InChI is InChI=1S/C21H19F2N3O2/c1-13-19(14(2)26(24-13)17-7-5-4-6-8-17)20(27)21(28)25(3)12-15-9-10-16(22)11-18(15)23/h4-11H,12H2,1-3H3. The molecule has 5 nitrogen and oxygen atoms in total. The van der Waals surface area contributed by atoms with Gasteiger partial charge in [-0.05, 0) is 32.0 Å². The van der Waals surface area contributed by atoms with Crippen molar-refractivity contribution in [3.05, 3.63) is 82.7 Å². The van der Waals surface area contributed by atoms with E-state index in [1.54, 1.807) is 18.5 Å². The minimum Gasteiger partial charge on any atom is -0.334 e. The van der Waals surface area contributed by atoms with Gasteiger partial charge in [0.2, 0.25) is 0 Å². The Morgan fingerprint density at radius 2 is 1.75 bits per heavy atom. The van der Waals surface area contributed by atoms with Crippen molar-refractivity contribution in [1.29, 1.82) is 0 Å². The Hall–Kier alpha value is -3.35. The van der Waals surface area contributed by atoms with Gasteiger partial charge in [0.05, 0.1) is 22.6 Å². The Morgan fingerprint density at radius 3 is 2.39 bits per heavy atom. The van der Waals surface area contributed by atoms with E-state index in [2.05, 4.69) is 5.10 Å². The van der Waals surface area contributed by atoms with Crippen LogP contribution in [0.4, 0.5) is 8.78 Å². The van der Waals surface area contributed by atoms with Crippen molar-refractivity contribution in [2.75, 3.05) is 7.05 Å². The maximum absolute atomic E-state index is 13.8. The number of aromatic nitrogens is 2. The number of ketones is 1. The van der Waals surface area contributed by atoms with Crippen molar-refractivity contribution in [2.45, 2.75) is 20.4 Å². The van der Waals surface area contributed by atoms with Crippen LogP contribution >= 0.6 is 0 Å². The number of para-hydroxylation sites is 1. The van der Waals surface area contributed by atoms with E-state index in [4.69, 9.17) is 0 Å². The maximum Gasteiger partial charge on any atom is 0.295 e. The zero-order valence-electron chi connectivity index (χ0n) is 15.7. The van der Waals surface area contributed by atoms with Crippen molar-refractivity contribution in [3.63, 3.8) is 0 Å². The third-order valence-corrected chi connectivity index (χ3v) is 4.48. The van der Waals surface area contributed by atoms with E-state index >= 15 is 0 Å². The van der Waals surface area contributed by atoms with Crippen LogP contribution < -0.4 is 0 Å². The maximum atomic E-state index is 13.8. The van der Waals surface area contributed by atoms with E-state index in [1.165, 1.54) is 13.1 Å². The summed E-state index contributed by atoms with van der Waals surface area (Å²) in [5.41, 5.74) is 2.10. The van der Waals surface area contributed by atoms with Gasteiger partial charge >= 0.3 is 0 Å². The number of likely N-dealkylation sites (N-methyl/N-ethyl adjacent to an activating group) is 1. The highest BCUT2D eigenvalue weighted by atomic mass is 19.1. The topological polar surface area (TPSA) is 55.2 Å². The molecular formula is C21H19F2N3O2. The van der Waals surface area contributed by atoms with E-state index in [1.807, 2.05) is 30.3 Å². The van der Waals surface area contributed by atoms with Gasteiger partial charge in [-0.1, -0.05) is 24.3 Å². The Bertz CT molecular complexity index is 1050. The third-order valence-electron chi connectivity index (χ3n) is 4.48. The summed E-state index contributed by atoms with van der Waals surface area (Å²) in [6.07, 6.45) is 0. The van der Waals surface area contributed by atoms with E-state index in [0.29, 0.717) is 11.4 Å². The van der Waals surface area contributed by atoms with Gasteiger partial charge in [-0.2, -0.15) is 5.10 Å². The molecule has 0 unspecified atom stereocenters. The molecule has 0 saturated carbocycles. The molecule has 7 heteroatoms. The van der Waals surface area contributed by atoms with Crippen LogP contribution in [0.5, 0.6) is 0 Å². The van der Waals surface area contributed by atoms with Gasteiger partial charge in [0.15, 0.2) is 0 Å². The number of amides is 1. The molecule has 0 aliphatic rings. The van der Waals surface area contributed by atoms with Gasteiger partial charge < -0.3 is 4.90 Å². The fourth-order valence-electron chi connectivity index (χ4n) is 3.05. The molecule has 3 aromatic rings. The second-order valence-electron chi connectivity index (χ2n) is 6.52. The predicted octanol–water partition coefficient (Wildman–Crippen LogP) is 3.61. The highest BCUT2D eigenvalue weighted by Crippen LogP contribution is 2.20. The summed E-state index contributed by atoms with van der Waals surface area (Å²) >= 11 is 0. The van der Waals surface area contributed by atoms with Crippen LogP contribution in [0.25, 0.3) is 5.69 Å². The average Bonchev–Trinajstić information content (AvgIpc) is 2.97. The number of halogens is 2. The molecule has 0 fully saturated rings. The molecule has 1 amide bonds. The molecule has 0 bridgehead atoms. The smallest absolute Gasteiger partial charge is 0.295 e. The van der Waals surface area contributed by atoms with E-state index in [9.17, 15) is 18.4 Å². The SMILES string of the molecule is Cc1nn(-c2ccccc2)c(C)c1C(=O)C(=O)N(C)Cc1ccc(F)cc1F. The number of carbonyl (C=O) groups excluding carboxylic acids is 2. The molecule has 0 radical (unpaired) electrons. The van der Waals surface area contributed by atoms with E-state index in [-0.39, 0.29) is 17.7 Å². The Labute approximate surface area is 161 Å². The molecule has 0 aliphatic carbocycles. The van der Waals surface area contributed by atoms with Gasteiger partial charge in [-0.3, -0.25) is 9.59 Å². The Kier molecular flexibility index (Phi) is 5.35. The number of hydrogen-bond acceptors (Lipinski definition) is 3. The summed E-state index contributed by atoms with van der Waals surface area (Å²) in [5.74, 6) is -2.98. The van der Waals surface area contributed by atoms with Crippen LogP contribution in [0.3, 0.4) is 0 Å². The first kappa shape index (κ1) is 19.4. The number of carbonyl (C=O) groups is 2. The summed E-state index contributed by atoms with van der Waals surface area (Å²) in [6.45, 7) is 3.22. The first-order valence-electron chi connectivity index (χ1n) is 8.65. The van der Waals surface area contributed by atoms with Crippen LogP contribution in [-0.2, 0) is 11.3 Å². The second-order valence-corrected chi connectivity index (χ2v) is 6.52. The summed E-state index contributed by atoms with van der Waals surface area (Å²) in [5, 5.41) is 4.37. The normalized spacial score (nSPS) is 10.8. The molecule has 2 aromatic carbocycles. The Balaban J connectivity index is 1.85. The van der Waals surface area contributed by atoms with Gasteiger partial charge in [-0.25, -0.2) is 13.5 Å². The van der Waals surface area contributed by atoms with Crippen LogP contribution in [0.15, 0.2) is 48.5 Å². The molecular weight excluding hydrogens is 364 g/mol. The van der Waals surface area contributed by atoms with Crippen molar-refractivity contribution >= 4 is 11.7 Å². The first-order valence-corrected chi connectivity index (χ1v) is 8.65. The first-order chi connectivity index (χ1) is 13.3. The van der Waals surface area contributed by atoms with Crippen LogP contribution in [0, 0.1) is 25.5 Å². The third kappa shape index (κ3) is 3.69. The average molecular weight is 383 g/mol. The molecule has 0 atom stereocenters. The number of hydrogen-bond donors (Lipinski definition) is 0. The number of nitrogens with zero attached hydrogens (tertiary/aromatic N) is 3. The number of aryl methyl sites for hydroxylation is 1. The minimum atomic E-state index is -0.789. The van der Waals surface area contributed by atoms with Crippen LogP contribution in [0.2, 0.25) is 0 Å². The predicted molar refractivity (Wildman–Crippen MR) is 100 cm³/mol. The van der Waals surface area contributed by atoms with Gasteiger partial charge in [0.25, 0.3) is 11.7 Å². The highest BCUT2D eigenvalue weighted by molar-refractivity contribution is 6.43. The van der Waals surface area contributed by atoms with Gasteiger partial charge in [-0.15, -0.1) is 0 Å². The van der Waals surface area contributed by atoms with Crippen LogP contribution in [-0.4, -0.2) is 33.4 Å². The summed E-state index contributed by atoms with van der Waals surface area (Å²) in [7, 11) is 1.40. The monoisotopic (exact) mass is 383 g/mol. The minimum absolute atomic E-state index is 0.124. The lowest BCUT2D eigenvalue weighted by Crippen LogP contribution is -2.33. The van der Waals surface area contributed by atoms with Crippen molar-refractivity contribution in [2.24, 2.45) is 0 Å². The van der Waals surface area contributed by atoms with E-state index < -0.39 is 23.3 Å². The quantitative estimate of drug-likeness (QED) is 0.500. The fourth-order valence-corrected chi connectivity index (χ4v) is 3.05. The molecule has 0 saturated heterocycles. The molecule has 28 heavy (non-hydrogen) atoms. The van der Waals surface area contributed by atoms with Crippen LogP contribution in [0.1, 0.15) is 27.3 Å². The molecule has 0 aliphatic heterocycles. The summed E-state index contributed by atoms with van der Waals surface area (Å²) < 4.78 is 28.5. The lowest BCUT2D eigenvalue weighted by atomic mass is 10.1. The number of Topliss-reactive ketones (excluding diaryl/α,β-unsaturated/α-hetero) is 1. The van der Waals surface area contributed by atoms with Gasteiger partial charge in [0.1, 0.15) is 11.6 Å². The zero-order chi connectivity index (χ0) is 20.4. The fraction of sp³-hybridized carbons (Fsp3) is 0.190. The molecule has 3 rings (SSSR count). The molecule has 1 aromatic heterocycles. The number of rotatable bonds is 5. The lowest BCUT2D eigenvalue weighted by molar-refractivity contribution is -0.125. The molecule has 0 spiro atoms. The summed E-state index contributed by atoms with van der Waals surface area (Å²) in [4.78, 5) is 26.5. The lowest BCUT2D eigenvalue weighted by Gasteiger charge is -2.17. The van der Waals surface area contributed by atoms with E-state index in [0.717, 1.165) is 22.7 Å². The number of benzene rings is 2. The molecule has 1 heterocycles. The van der Waals surface area contributed by atoms with Crippen molar-refractivity contribution < 1.29 is 18.4 Å². The zero-order valence-corrected chi connectivity index (χ0v) is 15.7. The van der Waals surface area contributed by atoms with Crippen molar-refractivity contribution in [1.82, 2.24) is 14.7 Å². The van der Waals surface area contributed by atoms with Gasteiger partial charge in [0, 0.05) is 25.2 Å². The summed E-state index contributed by atoms with van der Waals surface area (Å²) in [6, 6.07) is 12.4. The second kappa shape index (κ2) is 7.72.